The van der Waals surface area contributed by atoms with Crippen LogP contribution in [0.2, 0.25) is 0 Å². The number of carbonyl (C=O) groups is 2. The molecule has 2 saturated heterocycles. The van der Waals surface area contributed by atoms with Crippen LogP contribution in [-0.2, 0) is 20.7 Å². The Kier molecular flexibility index (Phi) is 11.9. The summed E-state index contributed by atoms with van der Waals surface area (Å²) in [6.45, 7) is 16.1. The fraction of sp³-hybridized carbons (Fsp3) is 0.579. The fourth-order valence-corrected chi connectivity index (χ4v) is 6.51. The summed E-state index contributed by atoms with van der Waals surface area (Å²) in [4.78, 5) is 28.4. The zero-order valence-corrected chi connectivity index (χ0v) is 29.0. The maximum atomic E-state index is 13.4. The van der Waals surface area contributed by atoms with Gasteiger partial charge in [-0.2, -0.15) is 0 Å². The molecule has 0 radical (unpaired) electrons. The van der Waals surface area contributed by atoms with Crippen LogP contribution < -0.4 is 5.32 Å². The van der Waals surface area contributed by atoms with E-state index in [2.05, 4.69) is 37.4 Å². The second-order valence-corrected chi connectivity index (χ2v) is 14.8. The van der Waals surface area contributed by atoms with Crippen molar-refractivity contribution in [2.24, 2.45) is 10.8 Å². The molecule has 2 heterocycles. The van der Waals surface area contributed by atoms with E-state index < -0.39 is 48.0 Å². The van der Waals surface area contributed by atoms with E-state index >= 15 is 0 Å². The molecular formula is C38H54N2O7. The monoisotopic (exact) mass is 650 g/mol. The predicted molar refractivity (Wildman–Crippen MR) is 183 cm³/mol. The second-order valence-electron chi connectivity index (χ2n) is 14.8. The van der Waals surface area contributed by atoms with E-state index in [1.807, 2.05) is 69.9 Å². The highest BCUT2D eigenvalue weighted by atomic mass is 16.5. The molecule has 2 aromatic rings. The van der Waals surface area contributed by atoms with Gasteiger partial charge in [-0.05, 0) is 66.5 Å². The smallest absolute Gasteiger partial charge is 0.228 e. The molecule has 0 bridgehead atoms. The molecule has 4 rings (SSSR count). The summed E-state index contributed by atoms with van der Waals surface area (Å²) in [5.74, 6) is 0.290. The molecule has 0 saturated carbocycles. The molecule has 2 aliphatic rings. The number of aliphatic hydroxyl groups excluding tert-OH is 4. The van der Waals surface area contributed by atoms with E-state index in [1.54, 1.807) is 0 Å². The highest BCUT2D eigenvalue weighted by Crippen LogP contribution is 2.37. The summed E-state index contributed by atoms with van der Waals surface area (Å²) in [6.07, 6.45) is -1.39. The van der Waals surface area contributed by atoms with Crippen LogP contribution in [0.25, 0.3) is 6.08 Å². The Labute approximate surface area is 279 Å². The lowest BCUT2D eigenvalue weighted by molar-refractivity contribution is -0.231. The molecule has 2 aliphatic heterocycles. The molecule has 2 aromatic carbocycles. The van der Waals surface area contributed by atoms with E-state index in [-0.39, 0.29) is 24.0 Å². The first-order valence-electron chi connectivity index (χ1n) is 16.8. The average Bonchev–Trinajstić information content (AvgIpc) is 3.04. The number of ketones is 1. The lowest BCUT2D eigenvalue weighted by Gasteiger charge is -2.41. The van der Waals surface area contributed by atoms with Gasteiger partial charge in [0.25, 0.3) is 0 Å². The number of piperazine rings is 1. The van der Waals surface area contributed by atoms with Crippen LogP contribution in [0.3, 0.4) is 0 Å². The minimum Gasteiger partial charge on any atom is -0.394 e. The van der Waals surface area contributed by atoms with Gasteiger partial charge >= 0.3 is 0 Å². The van der Waals surface area contributed by atoms with Gasteiger partial charge in [-0.25, -0.2) is 0 Å². The minimum absolute atomic E-state index is 0.0228. The third-order valence-electron chi connectivity index (χ3n) is 9.72. The van der Waals surface area contributed by atoms with Gasteiger partial charge in [0.05, 0.1) is 12.0 Å². The van der Waals surface area contributed by atoms with Gasteiger partial charge < -0.3 is 35.4 Å². The van der Waals surface area contributed by atoms with Gasteiger partial charge in [-0.1, -0.05) is 76.2 Å². The van der Waals surface area contributed by atoms with Crippen LogP contribution in [0.5, 0.6) is 0 Å². The van der Waals surface area contributed by atoms with E-state index in [0.29, 0.717) is 25.1 Å². The molecular weight excluding hydrogens is 596 g/mol. The molecule has 5 N–H and O–H groups in total. The topological polar surface area (TPSA) is 140 Å². The summed E-state index contributed by atoms with van der Waals surface area (Å²) in [5.41, 5.74) is 4.37. The van der Waals surface area contributed by atoms with Crippen LogP contribution in [0.4, 0.5) is 0 Å². The molecule has 9 heteroatoms. The van der Waals surface area contributed by atoms with Crippen LogP contribution in [-0.4, -0.2) is 94.2 Å². The largest absolute Gasteiger partial charge is 0.394 e. The van der Waals surface area contributed by atoms with Gasteiger partial charge in [0.1, 0.15) is 36.3 Å². The predicted octanol–water partition coefficient (Wildman–Crippen LogP) is 3.68. The van der Waals surface area contributed by atoms with Crippen molar-refractivity contribution in [2.75, 3.05) is 32.8 Å². The number of rotatable bonds is 11. The van der Waals surface area contributed by atoms with Crippen molar-refractivity contribution in [3.63, 3.8) is 0 Å². The number of aliphatic hydroxyl groups is 4. The molecule has 0 aromatic heterocycles. The SMILES string of the molecule is Cc1cc(C(C)C)c(Cc2ccc(/C=C/C(C)(C)C(=O)CC(C)(C)C(=O)N3CCNCC3)cc2)cc1[C@@H]1O[C@H](CO)[C@@H](O)[C@H](O)[C@H]1O. The summed E-state index contributed by atoms with van der Waals surface area (Å²) >= 11 is 0. The van der Waals surface area contributed by atoms with Crippen LogP contribution in [0.1, 0.15) is 93.4 Å². The van der Waals surface area contributed by atoms with Crippen molar-refractivity contribution in [3.05, 3.63) is 75.9 Å². The van der Waals surface area contributed by atoms with E-state index in [0.717, 1.165) is 35.3 Å². The fourth-order valence-electron chi connectivity index (χ4n) is 6.51. The van der Waals surface area contributed by atoms with Crippen molar-refractivity contribution in [2.45, 2.75) is 97.7 Å². The van der Waals surface area contributed by atoms with E-state index in [4.69, 9.17) is 4.74 Å². The lowest BCUT2D eigenvalue weighted by Crippen LogP contribution is -2.55. The van der Waals surface area contributed by atoms with E-state index in [1.165, 1.54) is 5.56 Å². The number of nitrogens with zero attached hydrogens (tertiary/aromatic N) is 1. The highest BCUT2D eigenvalue weighted by Gasteiger charge is 2.44. The first-order chi connectivity index (χ1) is 22.1. The number of Topliss-reactive ketones (excluding diaryl/α,β-unsaturated/α-hetero) is 1. The second kappa shape index (κ2) is 15.1. The summed E-state index contributed by atoms with van der Waals surface area (Å²) in [7, 11) is 0. The highest BCUT2D eigenvalue weighted by molar-refractivity contribution is 5.93. The molecule has 2 fully saturated rings. The maximum absolute atomic E-state index is 13.4. The van der Waals surface area contributed by atoms with Crippen LogP contribution in [0.15, 0.2) is 42.5 Å². The summed E-state index contributed by atoms with van der Waals surface area (Å²) < 4.78 is 5.89. The van der Waals surface area contributed by atoms with Crippen molar-refractivity contribution in [1.82, 2.24) is 10.2 Å². The van der Waals surface area contributed by atoms with Gasteiger partial charge in [0.15, 0.2) is 0 Å². The zero-order valence-electron chi connectivity index (χ0n) is 29.0. The van der Waals surface area contributed by atoms with Crippen molar-refractivity contribution in [3.8, 4) is 0 Å². The Morgan fingerprint density at radius 1 is 1.00 bits per heavy atom. The van der Waals surface area contributed by atoms with E-state index in [9.17, 15) is 30.0 Å². The van der Waals surface area contributed by atoms with Gasteiger partial charge in [0, 0.05) is 38.0 Å². The minimum atomic E-state index is -1.44. The molecule has 9 nitrogen and oxygen atoms in total. The molecule has 0 aliphatic carbocycles. The normalized spacial score (nSPS) is 24.3. The number of ether oxygens (including phenoxy) is 1. The Hall–Kier alpha value is -2.92. The van der Waals surface area contributed by atoms with Crippen molar-refractivity contribution >= 4 is 17.8 Å². The molecule has 1 amide bonds. The number of hydrogen-bond acceptors (Lipinski definition) is 8. The van der Waals surface area contributed by atoms with Crippen LogP contribution in [0, 0.1) is 17.8 Å². The molecule has 47 heavy (non-hydrogen) atoms. The number of carbonyl (C=O) groups excluding carboxylic acids is 2. The zero-order chi connectivity index (χ0) is 34.7. The molecule has 5 atom stereocenters. The van der Waals surface area contributed by atoms with Gasteiger partial charge in [-0.3, -0.25) is 9.59 Å². The number of benzene rings is 2. The third kappa shape index (κ3) is 8.57. The van der Waals surface area contributed by atoms with Crippen LogP contribution >= 0.6 is 0 Å². The molecule has 258 valence electrons. The van der Waals surface area contributed by atoms with Gasteiger partial charge in [0.2, 0.25) is 5.91 Å². The number of nitrogens with one attached hydrogen (secondary N) is 1. The Morgan fingerprint density at radius 2 is 1.64 bits per heavy atom. The number of amides is 1. The Morgan fingerprint density at radius 3 is 2.23 bits per heavy atom. The standard InChI is InChI=1S/C38H54N2O7/c1-23(2)28-18-24(3)29(35-34(45)33(44)32(43)30(22-41)47-35)20-27(28)19-26-10-8-25(9-11-26)12-13-37(4,5)31(42)21-38(6,7)36(46)40-16-14-39-15-17-40/h8-13,18,20,23,30,32-35,39,41,43-45H,14-17,19,21-22H2,1-7H3/b13-12+/t30-,32-,33+,34-,35+/m1/s1. The Balaban J connectivity index is 1.48. The first-order valence-corrected chi connectivity index (χ1v) is 16.8. The van der Waals surface area contributed by atoms with Crippen molar-refractivity contribution < 1.29 is 34.8 Å². The number of allylic oxidation sites excluding steroid dienone is 1. The maximum Gasteiger partial charge on any atom is 0.228 e. The number of aryl methyl sites for hydroxylation is 1. The number of hydrogen-bond donors (Lipinski definition) is 5. The summed E-state index contributed by atoms with van der Waals surface area (Å²) in [5, 5.41) is 44.4. The van der Waals surface area contributed by atoms with Crippen molar-refractivity contribution in [1.29, 1.82) is 0 Å². The average molecular weight is 651 g/mol. The molecule has 0 spiro atoms. The molecule has 0 unspecified atom stereocenters. The van der Waals surface area contributed by atoms with Gasteiger partial charge in [-0.15, -0.1) is 0 Å². The third-order valence-corrected chi connectivity index (χ3v) is 9.72. The quantitative estimate of drug-likeness (QED) is 0.248. The first kappa shape index (κ1) is 36.9. The summed E-state index contributed by atoms with van der Waals surface area (Å²) in [6, 6.07) is 12.2. The lowest BCUT2D eigenvalue weighted by atomic mass is 9.76. The Bertz CT molecular complexity index is 1420.